The maximum Gasteiger partial charge on any atom is 1.00 e. The van der Waals surface area contributed by atoms with E-state index in [1.165, 1.54) is 0 Å². The minimum absolute atomic E-state index is 0. The molecule has 0 aromatic rings. The fourth-order valence-electron chi connectivity index (χ4n) is 1.36. The molecule has 0 aromatic carbocycles. The van der Waals surface area contributed by atoms with Crippen LogP contribution in [0.5, 0.6) is 0 Å². The Morgan fingerprint density at radius 1 is 0.536 bits per heavy atom. The summed E-state index contributed by atoms with van der Waals surface area (Å²) in [5.41, 5.74) is 0. The Kier molecular flexibility index (Phi) is 37.0. The first-order valence-electron chi connectivity index (χ1n) is 9.44. The van der Waals surface area contributed by atoms with Crippen LogP contribution in [-0.2, 0) is 27.2 Å². The van der Waals surface area contributed by atoms with Crippen LogP contribution in [0.2, 0.25) is 0 Å². The molecule has 0 aromatic heterocycles. The predicted molar refractivity (Wildman–Crippen MR) is 98.7 cm³/mol. The molecule has 0 radical (unpaired) electrons. The quantitative estimate of drug-likeness (QED) is 0.139. The summed E-state index contributed by atoms with van der Waals surface area (Å²) in [7, 11) is -8.00. The van der Waals surface area contributed by atoms with Crippen molar-refractivity contribution in [2.45, 2.75) is 79.1 Å². The SMILES string of the molecule is CCCCOP(=O)([O-])OCCCC.CCCCOP(=O)([O-])OCCCC.[K+].[K+]. The van der Waals surface area contributed by atoms with Crippen LogP contribution in [0.4, 0.5) is 0 Å². The van der Waals surface area contributed by atoms with Gasteiger partial charge >= 0.3 is 103 Å². The van der Waals surface area contributed by atoms with E-state index in [-0.39, 0.29) is 129 Å². The maximum atomic E-state index is 11.0. The van der Waals surface area contributed by atoms with Crippen molar-refractivity contribution in [3.63, 3.8) is 0 Å². The van der Waals surface area contributed by atoms with Gasteiger partial charge in [0.1, 0.15) is 0 Å². The van der Waals surface area contributed by atoms with E-state index < -0.39 is 15.6 Å². The molecular weight excluding hydrogens is 460 g/mol. The van der Waals surface area contributed by atoms with Crippen LogP contribution in [0.25, 0.3) is 0 Å². The first-order valence-corrected chi connectivity index (χ1v) is 12.4. The number of unbranched alkanes of at least 4 members (excludes halogenated alkanes) is 4. The van der Waals surface area contributed by atoms with E-state index in [0.717, 1.165) is 51.4 Å². The summed E-state index contributed by atoms with van der Waals surface area (Å²) in [6.45, 7) is 8.78. The van der Waals surface area contributed by atoms with Crippen LogP contribution < -0.4 is 113 Å². The first-order chi connectivity index (χ1) is 12.2. The smallest absolute Gasteiger partial charge is 0.756 e. The van der Waals surface area contributed by atoms with Gasteiger partial charge in [-0.05, 0) is 25.7 Å². The Hall–Kier alpha value is 3.49. The third kappa shape index (κ3) is 31.7. The van der Waals surface area contributed by atoms with Crippen LogP contribution in [0.3, 0.4) is 0 Å². The van der Waals surface area contributed by atoms with E-state index in [1.807, 2.05) is 27.7 Å². The summed E-state index contributed by atoms with van der Waals surface area (Å²) in [5, 5.41) is 0. The maximum absolute atomic E-state index is 11.0. The van der Waals surface area contributed by atoms with Gasteiger partial charge in [0.05, 0.1) is 26.4 Å². The van der Waals surface area contributed by atoms with Crippen LogP contribution in [0.1, 0.15) is 79.1 Å². The second-order valence-corrected chi connectivity index (χ2v) is 8.46. The molecular formula is C16H36K2O8P2. The first kappa shape index (κ1) is 38.7. The van der Waals surface area contributed by atoms with Crippen LogP contribution in [-0.4, -0.2) is 26.4 Å². The average Bonchev–Trinajstić information content (AvgIpc) is 2.56. The molecule has 0 spiro atoms. The van der Waals surface area contributed by atoms with E-state index in [4.69, 9.17) is 0 Å². The molecule has 160 valence electrons. The van der Waals surface area contributed by atoms with Crippen molar-refractivity contribution in [1.29, 1.82) is 0 Å². The fourth-order valence-corrected chi connectivity index (χ4v) is 2.92. The van der Waals surface area contributed by atoms with Crippen molar-refractivity contribution < 1.29 is 140 Å². The third-order valence-corrected chi connectivity index (χ3v) is 4.98. The molecule has 0 heterocycles. The van der Waals surface area contributed by atoms with Crippen molar-refractivity contribution in [3.05, 3.63) is 0 Å². The van der Waals surface area contributed by atoms with E-state index in [9.17, 15) is 18.9 Å². The van der Waals surface area contributed by atoms with E-state index in [1.54, 1.807) is 0 Å². The molecule has 12 heteroatoms. The zero-order valence-corrected chi connectivity index (χ0v) is 26.7. The van der Waals surface area contributed by atoms with E-state index >= 15 is 0 Å². The van der Waals surface area contributed by atoms with Crippen molar-refractivity contribution in [3.8, 4) is 0 Å². The van der Waals surface area contributed by atoms with Gasteiger partial charge < -0.3 is 27.9 Å². The van der Waals surface area contributed by atoms with Gasteiger partial charge in [0.25, 0.3) is 15.6 Å². The second-order valence-electron chi connectivity index (χ2n) is 5.64. The van der Waals surface area contributed by atoms with Gasteiger partial charge in [0.2, 0.25) is 0 Å². The Balaban J connectivity index is -0.000000192. The normalized spacial score (nSPS) is 11.1. The summed E-state index contributed by atoms with van der Waals surface area (Å²) in [5.74, 6) is 0. The number of rotatable bonds is 16. The van der Waals surface area contributed by atoms with Crippen LogP contribution >= 0.6 is 15.6 Å². The molecule has 0 bridgehead atoms. The van der Waals surface area contributed by atoms with Gasteiger partial charge in [-0.1, -0.05) is 53.4 Å². The topological polar surface area (TPSA) is 117 Å². The molecule has 0 saturated heterocycles. The molecule has 0 amide bonds. The zero-order valence-electron chi connectivity index (χ0n) is 18.6. The molecule has 0 fully saturated rings. The van der Waals surface area contributed by atoms with Gasteiger partial charge in [0.15, 0.2) is 0 Å². The molecule has 8 nitrogen and oxygen atoms in total. The summed E-state index contributed by atoms with van der Waals surface area (Å²) in [6.07, 6.45) is 6.60. The monoisotopic (exact) mass is 496 g/mol. The summed E-state index contributed by atoms with van der Waals surface area (Å²) in [6, 6.07) is 0. The summed E-state index contributed by atoms with van der Waals surface area (Å²) in [4.78, 5) is 21.9. The standard InChI is InChI=1S/2C8H19O4P.2K/c2*1-3-5-7-11-13(9,10)12-8-6-4-2;;/h2*3-8H2,1-2H3,(H,9,10);;/q;;2*+1/p-2. The predicted octanol–water partition coefficient (Wildman–Crippen LogP) is -1.82. The molecule has 0 aliphatic carbocycles. The minimum Gasteiger partial charge on any atom is -0.756 e. The number of hydrogen-bond acceptors (Lipinski definition) is 8. The van der Waals surface area contributed by atoms with Crippen molar-refractivity contribution in [2.75, 3.05) is 26.4 Å². The molecule has 0 aliphatic heterocycles. The minimum atomic E-state index is -4.00. The molecule has 0 saturated carbocycles. The average molecular weight is 497 g/mol. The van der Waals surface area contributed by atoms with Crippen LogP contribution in [0, 0.1) is 0 Å². The summed E-state index contributed by atoms with van der Waals surface area (Å²) < 4.78 is 40.3. The molecule has 0 rings (SSSR count). The third-order valence-electron chi connectivity index (χ3n) is 2.99. The Labute approximate surface area is 256 Å². The van der Waals surface area contributed by atoms with Crippen molar-refractivity contribution >= 4 is 15.6 Å². The van der Waals surface area contributed by atoms with Gasteiger partial charge in [0, 0.05) is 0 Å². The number of phosphoric acid groups is 2. The Bertz CT molecular complexity index is 339. The van der Waals surface area contributed by atoms with Gasteiger partial charge in [-0.2, -0.15) is 0 Å². The fraction of sp³-hybridized carbons (Fsp3) is 1.00. The van der Waals surface area contributed by atoms with Gasteiger partial charge in [-0.3, -0.25) is 9.13 Å². The molecule has 0 atom stereocenters. The van der Waals surface area contributed by atoms with Crippen molar-refractivity contribution in [1.82, 2.24) is 0 Å². The zero-order chi connectivity index (χ0) is 20.3. The van der Waals surface area contributed by atoms with Crippen molar-refractivity contribution in [2.24, 2.45) is 0 Å². The van der Waals surface area contributed by atoms with Gasteiger partial charge in [-0.15, -0.1) is 0 Å². The summed E-state index contributed by atoms with van der Waals surface area (Å²) >= 11 is 0. The second kappa shape index (κ2) is 26.7. The largest absolute Gasteiger partial charge is 1.00 e. The Morgan fingerprint density at radius 3 is 0.857 bits per heavy atom. The Morgan fingerprint density at radius 2 is 0.714 bits per heavy atom. The number of phosphoric ester groups is 2. The van der Waals surface area contributed by atoms with Crippen LogP contribution in [0.15, 0.2) is 0 Å². The van der Waals surface area contributed by atoms with E-state index in [2.05, 4.69) is 18.1 Å². The molecule has 28 heavy (non-hydrogen) atoms. The molecule has 0 N–H and O–H groups in total. The molecule has 0 unspecified atom stereocenters. The molecule has 0 aliphatic rings. The van der Waals surface area contributed by atoms with E-state index in [0.29, 0.717) is 0 Å². The van der Waals surface area contributed by atoms with Gasteiger partial charge in [-0.25, -0.2) is 0 Å². The number of hydrogen-bond donors (Lipinski definition) is 0.